The summed E-state index contributed by atoms with van der Waals surface area (Å²) < 4.78 is 1.76. The van der Waals surface area contributed by atoms with Gasteiger partial charge in [0.15, 0.2) is 5.69 Å². The normalized spacial score (nSPS) is 23.5. The maximum Gasteiger partial charge on any atom is 0.269 e. The number of hydrogen-bond donors (Lipinski definition) is 2. The van der Waals surface area contributed by atoms with Crippen molar-refractivity contribution < 1.29 is 14.7 Å². The molecule has 0 saturated carbocycles. The van der Waals surface area contributed by atoms with Crippen molar-refractivity contribution in [3.8, 4) is 17.5 Å². The lowest BCUT2D eigenvalue weighted by molar-refractivity contribution is -0.137. The summed E-state index contributed by atoms with van der Waals surface area (Å²) in [7, 11) is 1.65. The van der Waals surface area contributed by atoms with E-state index >= 15 is 0 Å². The van der Waals surface area contributed by atoms with E-state index < -0.39 is 11.5 Å². The third kappa shape index (κ3) is 2.86. The first kappa shape index (κ1) is 18.3. The lowest BCUT2D eigenvalue weighted by Gasteiger charge is -2.13. The highest BCUT2D eigenvalue weighted by atomic mass is 16.3. The van der Waals surface area contributed by atoms with Crippen molar-refractivity contribution in [2.24, 2.45) is 5.73 Å². The molecular formula is C21H22N4O3. The monoisotopic (exact) mass is 378 g/mol. The minimum absolute atomic E-state index is 0.244. The summed E-state index contributed by atoms with van der Waals surface area (Å²) in [5, 5.41) is 14.9. The number of nitrogens with two attached hydrogens (primary N) is 1. The third-order valence-electron chi connectivity index (χ3n) is 5.58. The summed E-state index contributed by atoms with van der Waals surface area (Å²) >= 11 is 0. The molecule has 7 heteroatoms. The molecule has 1 aromatic heterocycles. The van der Waals surface area contributed by atoms with Crippen molar-refractivity contribution in [1.82, 2.24) is 14.7 Å². The Morgan fingerprint density at radius 1 is 1.43 bits per heavy atom. The Kier molecular flexibility index (Phi) is 4.24. The topological polar surface area (TPSA) is 101 Å². The number of amides is 2. The molecule has 1 fully saturated rings. The van der Waals surface area contributed by atoms with Gasteiger partial charge in [-0.25, -0.2) is 4.68 Å². The molecule has 2 aromatic rings. The predicted octanol–water partition coefficient (Wildman–Crippen LogP) is 0.966. The second-order valence-electron chi connectivity index (χ2n) is 7.56. The van der Waals surface area contributed by atoms with Gasteiger partial charge in [-0.1, -0.05) is 24.8 Å². The number of carbonyl (C=O) groups excluding carboxylic acids is 2. The summed E-state index contributed by atoms with van der Waals surface area (Å²) in [6.45, 7) is 2.56. The lowest BCUT2D eigenvalue weighted by atomic mass is 10.0. The first-order valence-corrected chi connectivity index (χ1v) is 9.33. The van der Waals surface area contributed by atoms with Gasteiger partial charge in [-0.2, -0.15) is 5.10 Å². The van der Waals surface area contributed by atoms with Crippen LogP contribution in [0.2, 0.25) is 0 Å². The Morgan fingerprint density at radius 2 is 2.21 bits per heavy atom. The molecule has 0 unspecified atom stereocenters. The lowest BCUT2D eigenvalue weighted by Crippen LogP contribution is -2.37. The quantitative estimate of drug-likeness (QED) is 0.760. The van der Waals surface area contributed by atoms with Crippen molar-refractivity contribution >= 4 is 11.8 Å². The summed E-state index contributed by atoms with van der Waals surface area (Å²) in [4.78, 5) is 25.4. The molecule has 144 valence electrons. The standard InChI is InChI=1S/C21H22N4O3/c1-13-6-7-16-17(13)18(19(22)26)23-25(16)15-5-3-4-14(12-15)8-9-21(28)10-11-24(2)20(21)27/h3-5,12-13,28H,6-7,10-11H2,1-2H3,(H2,22,26)/t13-,21-/m0/s1. The van der Waals surface area contributed by atoms with Gasteiger partial charge in [0.05, 0.1) is 5.69 Å². The molecule has 1 aliphatic carbocycles. The van der Waals surface area contributed by atoms with Gasteiger partial charge >= 0.3 is 0 Å². The van der Waals surface area contributed by atoms with E-state index in [0.717, 1.165) is 29.8 Å². The number of aromatic nitrogens is 2. The number of carbonyl (C=O) groups is 2. The van der Waals surface area contributed by atoms with E-state index in [-0.39, 0.29) is 11.8 Å². The zero-order valence-corrected chi connectivity index (χ0v) is 15.9. The van der Waals surface area contributed by atoms with E-state index in [1.165, 1.54) is 4.90 Å². The predicted molar refractivity (Wildman–Crippen MR) is 103 cm³/mol. The van der Waals surface area contributed by atoms with Crippen LogP contribution in [0.4, 0.5) is 0 Å². The number of likely N-dealkylation sites (N-methyl/N-ethyl adjacent to an activating group) is 1. The molecule has 1 aromatic carbocycles. The third-order valence-corrected chi connectivity index (χ3v) is 5.58. The molecule has 3 N–H and O–H groups in total. The smallest absolute Gasteiger partial charge is 0.269 e. The molecule has 2 atom stereocenters. The summed E-state index contributed by atoms with van der Waals surface area (Å²) in [5.41, 5.74) is 7.57. The van der Waals surface area contributed by atoms with Crippen molar-refractivity contribution in [3.05, 3.63) is 46.8 Å². The summed E-state index contributed by atoms with van der Waals surface area (Å²) in [5.74, 6) is 4.99. The first-order valence-electron chi connectivity index (χ1n) is 9.33. The van der Waals surface area contributed by atoms with Gasteiger partial charge in [0.1, 0.15) is 0 Å². The van der Waals surface area contributed by atoms with Crippen LogP contribution in [0.15, 0.2) is 24.3 Å². The van der Waals surface area contributed by atoms with Crippen LogP contribution in [0.1, 0.15) is 53.0 Å². The van der Waals surface area contributed by atoms with E-state index in [1.54, 1.807) is 11.7 Å². The first-order chi connectivity index (χ1) is 13.3. The molecule has 1 aliphatic heterocycles. The van der Waals surface area contributed by atoms with Crippen LogP contribution in [0.5, 0.6) is 0 Å². The number of rotatable bonds is 2. The maximum absolute atomic E-state index is 12.1. The fraction of sp³-hybridized carbons (Fsp3) is 0.381. The minimum atomic E-state index is -1.63. The van der Waals surface area contributed by atoms with Gasteiger partial charge in [-0.3, -0.25) is 9.59 Å². The number of primary amides is 1. The van der Waals surface area contributed by atoms with Crippen molar-refractivity contribution in [3.63, 3.8) is 0 Å². The zero-order valence-electron chi connectivity index (χ0n) is 15.9. The highest BCUT2D eigenvalue weighted by Gasteiger charge is 2.42. The largest absolute Gasteiger partial charge is 0.369 e. The van der Waals surface area contributed by atoms with Crippen molar-refractivity contribution in [2.45, 2.75) is 37.7 Å². The van der Waals surface area contributed by atoms with Crippen LogP contribution in [0.25, 0.3) is 5.69 Å². The Balaban J connectivity index is 1.71. The van der Waals surface area contributed by atoms with E-state index in [2.05, 4.69) is 23.9 Å². The van der Waals surface area contributed by atoms with Crippen LogP contribution >= 0.6 is 0 Å². The second-order valence-corrected chi connectivity index (χ2v) is 7.56. The fourth-order valence-electron chi connectivity index (χ4n) is 3.98. The minimum Gasteiger partial charge on any atom is -0.369 e. The van der Waals surface area contributed by atoms with E-state index in [0.29, 0.717) is 24.2 Å². The van der Waals surface area contributed by atoms with Crippen LogP contribution in [-0.2, 0) is 11.2 Å². The number of hydrogen-bond acceptors (Lipinski definition) is 4. The molecule has 0 bridgehead atoms. The molecule has 28 heavy (non-hydrogen) atoms. The molecule has 4 rings (SSSR count). The van der Waals surface area contributed by atoms with Crippen LogP contribution in [0.3, 0.4) is 0 Å². The number of likely N-dealkylation sites (tertiary alicyclic amines) is 1. The Hall–Kier alpha value is -3.11. The van der Waals surface area contributed by atoms with Crippen LogP contribution < -0.4 is 5.73 Å². The molecule has 0 spiro atoms. The summed E-state index contributed by atoms with van der Waals surface area (Å²) in [6, 6.07) is 7.36. The van der Waals surface area contributed by atoms with Gasteiger partial charge in [0.25, 0.3) is 11.8 Å². The number of benzene rings is 1. The van der Waals surface area contributed by atoms with Crippen LogP contribution in [-0.4, -0.2) is 50.8 Å². The van der Waals surface area contributed by atoms with Gasteiger partial charge in [0, 0.05) is 36.8 Å². The SMILES string of the molecule is C[C@H]1CCc2c1c(C(N)=O)nn2-c1cccc(C#C[C@]2(O)CCN(C)C2=O)c1. The van der Waals surface area contributed by atoms with Gasteiger partial charge in [0.2, 0.25) is 5.60 Å². The zero-order chi connectivity index (χ0) is 20.1. The number of aliphatic hydroxyl groups is 1. The second kappa shape index (κ2) is 6.50. The molecule has 2 aliphatic rings. The molecule has 7 nitrogen and oxygen atoms in total. The Bertz CT molecular complexity index is 1050. The molecule has 1 saturated heterocycles. The van der Waals surface area contributed by atoms with Crippen molar-refractivity contribution in [2.75, 3.05) is 13.6 Å². The van der Waals surface area contributed by atoms with E-state index in [4.69, 9.17) is 5.73 Å². The molecule has 2 heterocycles. The number of nitrogens with zero attached hydrogens (tertiary/aromatic N) is 3. The summed E-state index contributed by atoms with van der Waals surface area (Å²) in [6.07, 6.45) is 2.07. The van der Waals surface area contributed by atoms with Gasteiger partial charge in [-0.15, -0.1) is 0 Å². The van der Waals surface area contributed by atoms with Gasteiger partial charge < -0.3 is 15.7 Å². The van der Waals surface area contributed by atoms with Crippen molar-refractivity contribution in [1.29, 1.82) is 0 Å². The fourth-order valence-corrected chi connectivity index (χ4v) is 3.98. The molecule has 2 amide bonds. The molecular weight excluding hydrogens is 356 g/mol. The maximum atomic E-state index is 12.1. The highest BCUT2D eigenvalue weighted by Crippen LogP contribution is 2.36. The highest BCUT2D eigenvalue weighted by molar-refractivity contribution is 5.93. The number of fused-ring (bicyclic) bond motifs is 1. The van der Waals surface area contributed by atoms with E-state index in [1.807, 2.05) is 24.3 Å². The van der Waals surface area contributed by atoms with Gasteiger partial charge in [-0.05, 0) is 37.0 Å². The average molecular weight is 378 g/mol. The Labute approximate surface area is 163 Å². The van der Waals surface area contributed by atoms with Crippen LogP contribution in [0, 0.1) is 11.8 Å². The Morgan fingerprint density at radius 3 is 2.89 bits per heavy atom. The average Bonchev–Trinajstić information content (AvgIpc) is 3.31. The van der Waals surface area contributed by atoms with E-state index in [9.17, 15) is 14.7 Å². The molecule has 0 radical (unpaired) electrons.